The summed E-state index contributed by atoms with van der Waals surface area (Å²) in [7, 11) is 2.24. The van der Waals surface area contributed by atoms with Crippen molar-refractivity contribution in [2.45, 2.75) is 50.0 Å². The Morgan fingerprint density at radius 3 is 2.67 bits per heavy atom. The molecule has 30 heavy (non-hydrogen) atoms. The molecule has 0 radical (unpaired) electrons. The number of rotatable bonds is 4. The summed E-state index contributed by atoms with van der Waals surface area (Å²) in [5.74, 6) is -1.54. The molecule has 5 nitrogen and oxygen atoms in total. The number of nitrogens with one attached hydrogen (secondary N) is 1. The summed E-state index contributed by atoms with van der Waals surface area (Å²) in [5, 5.41) is 7.21. The number of hydrogen-bond donors (Lipinski definition) is 1. The second-order valence-corrected chi connectivity index (χ2v) is 8.42. The molecule has 4 unspecified atom stereocenters. The second-order valence-electron chi connectivity index (χ2n) is 7.35. The van der Waals surface area contributed by atoms with Gasteiger partial charge in [-0.3, -0.25) is 9.99 Å². The average Bonchev–Trinajstić information content (AvgIpc) is 3.27. The van der Waals surface area contributed by atoms with Gasteiger partial charge in [-0.15, -0.1) is 0 Å². The molecule has 2 aromatic rings. The quantitative estimate of drug-likeness (QED) is 0.549. The van der Waals surface area contributed by atoms with Crippen LogP contribution in [-0.4, -0.2) is 44.7 Å². The molecule has 0 amide bonds. The minimum absolute atomic E-state index is 0.0428. The molecule has 3 heterocycles. The fraction of sp³-hybridized carbons (Fsp3) is 0.500. The maximum atomic E-state index is 14.3. The Hall–Kier alpha value is -1.26. The first-order chi connectivity index (χ1) is 14.2. The Labute approximate surface area is 176 Å². The van der Waals surface area contributed by atoms with Crippen LogP contribution in [0.1, 0.15) is 29.3 Å². The predicted molar refractivity (Wildman–Crippen MR) is 105 cm³/mol. The van der Waals surface area contributed by atoms with Gasteiger partial charge in [0.2, 0.25) is 0 Å². The average molecular weight is 466 g/mol. The summed E-state index contributed by atoms with van der Waals surface area (Å²) in [6.45, 7) is 0.588. The minimum atomic E-state index is -4.67. The first kappa shape index (κ1) is 22.0. The van der Waals surface area contributed by atoms with Gasteiger partial charge in [0.15, 0.2) is 6.10 Å². The van der Waals surface area contributed by atoms with Crippen LogP contribution >= 0.6 is 21.3 Å². The van der Waals surface area contributed by atoms with Gasteiger partial charge in [-0.2, -0.15) is 18.3 Å². The standard InChI is InChI=1S/C18H20F5N4OPS/c1-30-27-7-9-6-26(8-14(9)24-27)15-5-13(25-29)16(28-17(15)18(21,22)23)11-4-10(19)2-3-12(11)20/h2-4,7,13,15-17,25H,5-6,8,29H2,1H3/t13?,15?,16-,17?/m1/s1. The topological polar surface area (TPSA) is 42.3 Å². The fourth-order valence-electron chi connectivity index (χ4n) is 4.15. The number of alkyl halides is 3. The molecule has 2 aliphatic rings. The smallest absolute Gasteiger partial charge is 0.357 e. The van der Waals surface area contributed by atoms with E-state index in [0.717, 1.165) is 29.5 Å². The molecule has 0 saturated carbocycles. The van der Waals surface area contributed by atoms with E-state index in [2.05, 4.69) is 19.6 Å². The Morgan fingerprint density at radius 1 is 1.27 bits per heavy atom. The molecule has 0 aliphatic carbocycles. The van der Waals surface area contributed by atoms with Gasteiger partial charge >= 0.3 is 6.18 Å². The normalized spacial score (nSPS) is 27.4. The van der Waals surface area contributed by atoms with Gasteiger partial charge in [0.1, 0.15) is 17.7 Å². The lowest BCUT2D eigenvalue weighted by molar-refractivity contribution is -0.270. The van der Waals surface area contributed by atoms with E-state index in [0.29, 0.717) is 6.54 Å². The van der Waals surface area contributed by atoms with Gasteiger partial charge in [-0.1, -0.05) is 9.39 Å². The third kappa shape index (κ3) is 4.10. The highest BCUT2D eigenvalue weighted by molar-refractivity contribution is 7.97. The second kappa shape index (κ2) is 8.35. The van der Waals surface area contributed by atoms with Crippen LogP contribution in [0.5, 0.6) is 0 Å². The van der Waals surface area contributed by atoms with Crippen LogP contribution in [-0.2, 0) is 17.8 Å². The summed E-state index contributed by atoms with van der Waals surface area (Å²) in [6.07, 6.45) is -4.39. The first-order valence-electron chi connectivity index (χ1n) is 9.20. The van der Waals surface area contributed by atoms with E-state index >= 15 is 0 Å². The number of ether oxygens (including phenoxy) is 1. The maximum Gasteiger partial charge on any atom is 0.416 e. The van der Waals surface area contributed by atoms with Crippen molar-refractivity contribution >= 4 is 21.3 Å². The Bertz CT molecular complexity index is 903. The maximum absolute atomic E-state index is 14.3. The van der Waals surface area contributed by atoms with Gasteiger partial charge in [-0.25, -0.2) is 12.9 Å². The van der Waals surface area contributed by atoms with Crippen LogP contribution in [0.4, 0.5) is 22.0 Å². The molecule has 1 fully saturated rings. The number of aromatic nitrogens is 2. The molecule has 1 N–H and O–H groups in total. The van der Waals surface area contributed by atoms with Crippen molar-refractivity contribution in [3.8, 4) is 0 Å². The van der Waals surface area contributed by atoms with Crippen molar-refractivity contribution in [3.63, 3.8) is 0 Å². The molecule has 1 aromatic heterocycles. The summed E-state index contributed by atoms with van der Waals surface area (Å²) in [5.41, 5.74) is 1.38. The summed E-state index contributed by atoms with van der Waals surface area (Å²) >= 11 is 1.40. The van der Waals surface area contributed by atoms with Gasteiger partial charge in [0, 0.05) is 48.8 Å². The van der Waals surface area contributed by atoms with E-state index in [4.69, 9.17) is 4.74 Å². The monoisotopic (exact) mass is 466 g/mol. The number of halogens is 5. The molecular formula is C18H20F5N4OPS. The van der Waals surface area contributed by atoms with Crippen molar-refractivity contribution in [1.29, 1.82) is 0 Å². The van der Waals surface area contributed by atoms with Crippen LogP contribution in [0.2, 0.25) is 0 Å². The van der Waals surface area contributed by atoms with E-state index in [1.165, 1.54) is 11.9 Å². The molecule has 4 rings (SSSR count). The van der Waals surface area contributed by atoms with Gasteiger partial charge in [0.05, 0.1) is 5.69 Å². The largest absolute Gasteiger partial charge is 0.416 e. The molecule has 1 saturated heterocycles. The van der Waals surface area contributed by atoms with Gasteiger partial charge < -0.3 is 4.74 Å². The van der Waals surface area contributed by atoms with Crippen LogP contribution in [0.25, 0.3) is 0 Å². The third-order valence-corrected chi connectivity index (χ3v) is 6.53. The van der Waals surface area contributed by atoms with Gasteiger partial charge in [0.25, 0.3) is 0 Å². The number of fused-ring (bicyclic) bond motifs is 1. The van der Waals surface area contributed by atoms with Crippen molar-refractivity contribution in [2.75, 3.05) is 6.26 Å². The highest BCUT2D eigenvalue weighted by Crippen LogP contribution is 2.43. The number of benzene rings is 1. The SMILES string of the molecule is CSn1cc2c(n1)CN(C1CC(NP)[C@@H](c3cc(F)ccc3F)OC1C(F)(F)F)C2. The Morgan fingerprint density at radius 2 is 2.03 bits per heavy atom. The Balaban J connectivity index is 1.63. The zero-order chi connectivity index (χ0) is 21.6. The summed E-state index contributed by atoms with van der Waals surface area (Å²) in [6, 6.07) is 1.05. The molecule has 0 bridgehead atoms. The van der Waals surface area contributed by atoms with Gasteiger partial charge in [-0.05, 0) is 36.6 Å². The van der Waals surface area contributed by atoms with E-state index in [-0.39, 0.29) is 18.5 Å². The zero-order valence-corrected chi connectivity index (χ0v) is 17.8. The summed E-state index contributed by atoms with van der Waals surface area (Å²) < 4.78 is 77.0. The lowest BCUT2D eigenvalue weighted by atomic mass is 9.89. The van der Waals surface area contributed by atoms with Crippen molar-refractivity contribution in [3.05, 3.63) is 52.9 Å². The van der Waals surface area contributed by atoms with Crippen LogP contribution < -0.4 is 5.09 Å². The van der Waals surface area contributed by atoms with Crippen LogP contribution in [0, 0.1) is 11.6 Å². The number of nitrogens with zero attached hydrogens (tertiary/aromatic N) is 3. The highest BCUT2D eigenvalue weighted by atomic mass is 32.2. The van der Waals surface area contributed by atoms with Crippen molar-refractivity contribution < 1.29 is 26.7 Å². The van der Waals surface area contributed by atoms with Crippen LogP contribution in [0.15, 0.2) is 24.4 Å². The van der Waals surface area contributed by atoms with E-state index in [9.17, 15) is 22.0 Å². The molecule has 0 spiro atoms. The fourth-order valence-corrected chi connectivity index (χ4v) is 4.87. The highest BCUT2D eigenvalue weighted by Gasteiger charge is 2.54. The molecule has 1 aromatic carbocycles. The minimum Gasteiger partial charge on any atom is -0.357 e. The van der Waals surface area contributed by atoms with E-state index in [1.807, 2.05) is 12.5 Å². The zero-order valence-electron chi connectivity index (χ0n) is 15.9. The third-order valence-electron chi connectivity index (χ3n) is 5.54. The number of hydrogen-bond acceptors (Lipinski definition) is 5. The molecule has 164 valence electrons. The lowest BCUT2D eigenvalue weighted by Gasteiger charge is -2.45. The molecule has 2 aliphatic heterocycles. The van der Waals surface area contributed by atoms with Crippen LogP contribution in [0.3, 0.4) is 0 Å². The van der Waals surface area contributed by atoms with E-state index in [1.54, 1.807) is 8.99 Å². The van der Waals surface area contributed by atoms with Crippen molar-refractivity contribution in [1.82, 2.24) is 19.2 Å². The van der Waals surface area contributed by atoms with E-state index < -0.39 is 42.1 Å². The molecule has 5 atom stereocenters. The van der Waals surface area contributed by atoms with Crippen molar-refractivity contribution in [2.24, 2.45) is 0 Å². The first-order valence-corrected chi connectivity index (χ1v) is 11.0. The predicted octanol–water partition coefficient (Wildman–Crippen LogP) is 3.81. The lowest BCUT2D eigenvalue weighted by Crippen LogP contribution is -2.58. The molecule has 12 heteroatoms. The summed E-state index contributed by atoms with van der Waals surface area (Å²) in [4.78, 5) is 1.69. The molecular weight excluding hydrogens is 446 g/mol. The Kier molecular flexibility index (Phi) is 6.11.